The van der Waals surface area contributed by atoms with Crippen molar-refractivity contribution in [2.75, 3.05) is 13.2 Å². The molecule has 2 unspecified atom stereocenters. The summed E-state index contributed by atoms with van der Waals surface area (Å²) < 4.78 is 28.2. The first-order chi connectivity index (χ1) is 9.77. The number of nitrogens with one attached hydrogen (secondary N) is 1. The molecule has 0 spiro atoms. The molecule has 1 aliphatic rings. The minimum absolute atomic E-state index is 0.0507. The van der Waals surface area contributed by atoms with Gasteiger partial charge in [-0.2, -0.15) is 0 Å². The van der Waals surface area contributed by atoms with Crippen LogP contribution in [0.4, 0.5) is 0 Å². The molecule has 1 fully saturated rings. The summed E-state index contributed by atoms with van der Waals surface area (Å²) in [6.45, 7) is 4.92. The molecule has 1 heterocycles. The number of rotatable bonds is 4. The quantitative estimate of drug-likeness (QED) is 0.859. The Morgan fingerprint density at radius 1 is 1.43 bits per heavy atom. The number of nitrogens with two attached hydrogens (primary N) is 1. The van der Waals surface area contributed by atoms with Crippen molar-refractivity contribution in [2.45, 2.75) is 31.3 Å². The fourth-order valence-corrected chi connectivity index (χ4v) is 3.05. The number of carbonyl (C=O) groups excluding carboxylic acids is 1. The van der Waals surface area contributed by atoms with Gasteiger partial charge in [-0.25, -0.2) is 13.6 Å². The third-order valence-electron chi connectivity index (χ3n) is 3.70. The van der Waals surface area contributed by atoms with Gasteiger partial charge in [-0.05, 0) is 44.0 Å². The molecule has 6 nitrogen and oxygen atoms in total. The second-order valence-corrected chi connectivity index (χ2v) is 6.98. The first-order valence-corrected chi connectivity index (χ1v) is 8.36. The molecule has 3 N–H and O–H groups in total. The van der Waals surface area contributed by atoms with Crippen LogP contribution in [0.1, 0.15) is 29.3 Å². The summed E-state index contributed by atoms with van der Waals surface area (Å²) in [7, 11) is -3.82. The van der Waals surface area contributed by atoms with Crippen LogP contribution < -0.4 is 10.5 Å². The molecule has 1 aliphatic heterocycles. The van der Waals surface area contributed by atoms with Crippen LogP contribution in [0.15, 0.2) is 23.1 Å². The zero-order valence-electron chi connectivity index (χ0n) is 12.1. The van der Waals surface area contributed by atoms with Crippen molar-refractivity contribution in [3.05, 3.63) is 29.3 Å². The van der Waals surface area contributed by atoms with Gasteiger partial charge < -0.3 is 10.1 Å². The SMILES string of the molecule is Cc1cc(C(=O)NCC2CCOC2C)cc(S(N)(=O)=O)c1. The van der Waals surface area contributed by atoms with Crippen LogP contribution in [0.2, 0.25) is 0 Å². The van der Waals surface area contributed by atoms with Crippen molar-refractivity contribution < 1.29 is 17.9 Å². The maximum Gasteiger partial charge on any atom is 0.251 e. The maximum atomic E-state index is 12.2. The molecule has 0 radical (unpaired) electrons. The molecule has 21 heavy (non-hydrogen) atoms. The number of amides is 1. The molecule has 1 aromatic carbocycles. The third kappa shape index (κ3) is 4.03. The van der Waals surface area contributed by atoms with Crippen molar-refractivity contribution >= 4 is 15.9 Å². The van der Waals surface area contributed by atoms with Crippen LogP contribution in [-0.2, 0) is 14.8 Å². The van der Waals surface area contributed by atoms with Crippen LogP contribution >= 0.6 is 0 Å². The van der Waals surface area contributed by atoms with Gasteiger partial charge in [0, 0.05) is 24.6 Å². The van der Waals surface area contributed by atoms with E-state index in [4.69, 9.17) is 9.88 Å². The Bertz CT molecular complexity index is 642. The van der Waals surface area contributed by atoms with E-state index in [9.17, 15) is 13.2 Å². The minimum atomic E-state index is -3.82. The van der Waals surface area contributed by atoms with Crippen LogP contribution in [0.5, 0.6) is 0 Å². The first kappa shape index (κ1) is 15.9. The highest BCUT2D eigenvalue weighted by Gasteiger charge is 2.24. The van der Waals surface area contributed by atoms with Crippen LogP contribution in [0, 0.1) is 12.8 Å². The minimum Gasteiger partial charge on any atom is -0.378 e. The number of primary sulfonamides is 1. The molecule has 0 bridgehead atoms. The number of ether oxygens (including phenoxy) is 1. The van der Waals surface area contributed by atoms with Gasteiger partial charge in [-0.3, -0.25) is 4.79 Å². The molecular weight excluding hydrogens is 292 g/mol. The van der Waals surface area contributed by atoms with Gasteiger partial charge in [0.25, 0.3) is 5.91 Å². The van der Waals surface area contributed by atoms with E-state index in [1.54, 1.807) is 13.0 Å². The largest absolute Gasteiger partial charge is 0.378 e. The van der Waals surface area contributed by atoms with Crippen LogP contribution in [0.25, 0.3) is 0 Å². The first-order valence-electron chi connectivity index (χ1n) is 6.81. The lowest BCUT2D eigenvalue weighted by Gasteiger charge is -2.15. The van der Waals surface area contributed by atoms with Crippen molar-refractivity contribution in [3.8, 4) is 0 Å². The lowest BCUT2D eigenvalue weighted by molar-refractivity contribution is 0.0907. The molecule has 7 heteroatoms. The fourth-order valence-electron chi connectivity index (χ4n) is 2.41. The highest BCUT2D eigenvalue weighted by molar-refractivity contribution is 7.89. The van der Waals surface area contributed by atoms with Crippen molar-refractivity contribution in [3.63, 3.8) is 0 Å². The summed E-state index contributed by atoms with van der Waals surface area (Å²) in [4.78, 5) is 12.1. The average Bonchev–Trinajstić information content (AvgIpc) is 2.79. The van der Waals surface area contributed by atoms with Crippen molar-refractivity contribution in [1.29, 1.82) is 0 Å². The van der Waals surface area contributed by atoms with Crippen molar-refractivity contribution in [2.24, 2.45) is 11.1 Å². The van der Waals surface area contributed by atoms with E-state index in [2.05, 4.69) is 5.32 Å². The highest BCUT2D eigenvalue weighted by atomic mass is 32.2. The zero-order chi connectivity index (χ0) is 15.6. The molecule has 116 valence electrons. The molecule has 2 atom stereocenters. The number of aryl methyl sites for hydroxylation is 1. The summed E-state index contributed by atoms with van der Waals surface area (Å²) in [6, 6.07) is 4.38. The summed E-state index contributed by atoms with van der Waals surface area (Å²) in [5, 5.41) is 7.93. The number of hydrogen-bond donors (Lipinski definition) is 2. The summed E-state index contributed by atoms with van der Waals surface area (Å²) in [5.41, 5.74) is 0.967. The Labute approximate surface area is 124 Å². The predicted octanol–water partition coefficient (Wildman–Crippen LogP) is 0.797. The molecule has 1 aromatic rings. The lowest BCUT2D eigenvalue weighted by atomic mass is 10.0. The Morgan fingerprint density at radius 2 is 2.14 bits per heavy atom. The van der Waals surface area contributed by atoms with Gasteiger partial charge in [0.2, 0.25) is 10.0 Å². The summed E-state index contributed by atoms with van der Waals surface area (Å²) in [6.07, 6.45) is 1.04. The van der Waals surface area contributed by atoms with E-state index >= 15 is 0 Å². The van der Waals surface area contributed by atoms with E-state index in [0.29, 0.717) is 24.3 Å². The fraction of sp³-hybridized carbons (Fsp3) is 0.500. The second kappa shape index (κ2) is 6.13. The van der Waals surface area contributed by atoms with Gasteiger partial charge in [0.15, 0.2) is 0 Å². The summed E-state index contributed by atoms with van der Waals surface area (Å²) >= 11 is 0. The maximum absolute atomic E-state index is 12.2. The average molecular weight is 312 g/mol. The Hall–Kier alpha value is -1.44. The normalized spacial score (nSPS) is 22.2. The smallest absolute Gasteiger partial charge is 0.251 e. The van der Waals surface area contributed by atoms with Gasteiger partial charge in [0.05, 0.1) is 11.0 Å². The van der Waals surface area contributed by atoms with Crippen LogP contribution in [0.3, 0.4) is 0 Å². The van der Waals surface area contributed by atoms with E-state index in [1.165, 1.54) is 12.1 Å². The van der Waals surface area contributed by atoms with E-state index in [-0.39, 0.29) is 22.8 Å². The molecule has 2 rings (SSSR count). The van der Waals surface area contributed by atoms with Crippen molar-refractivity contribution in [1.82, 2.24) is 5.32 Å². The van der Waals surface area contributed by atoms with E-state index in [1.807, 2.05) is 6.92 Å². The van der Waals surface area contributed by atoms with Gasteiger partial charge in [-0.1, -0.05) is 0 Å². The van der Waals surface area contributed by atoms with Crippen LogP contribution in [-0.4, -0.2) is 33.6 Å². The van der Waals surface area contributed by atoms with Gasteiger partial charge in [0.1, 0.15) is 0 Å². The van der Waals surface area contributed by atoms with Gasteiger partial charge in [-0.15, -0.1) is 0 Å². The Kier molecular flexibility index (Phi) is 4.65. The Balaban J connectivity index is 2.10. The molecule has 1 saturated heterocycles. The number of carbonyl (C=O) groups is 1. The topological polar surface area (TPSA) is 98.5 Å². The highest BCUT2D eigenvalue weighted by Crippen LogP contribution is 2.19. The zero-order valence-corrected chi connectivity index (χ0v) is 12.9. The van der Waals surface area contributed by atoms with E-state index in [0.717, 1.165) is 6.42 Å². The molecular formula is C14H20N2O4S. The standard InChI is InChI=1S/C14H20N2O4S/c1-9-5-12(7-13(6-9)21(15,18)19)14(17)16-8-11-3-4-20-10(11)2/h5-7,10-11H,3-4,8H2,1-2H3,(H,16,17)(H2,15,18,19). The molecule has 0 aromatic heterocycles. The molecule has 0 aliphatic carbocycles. The Morgan fingerprint density at radius 3 is 2.71 bits per heavy atom. The monoisotopic (exact) mass is 312 g/mol. The summed E-state index contributed by atoms with van der Waals surface area (Å²) in [5.74, 6) is -0.0147. The molecule has 1 amide bonds. The van der Waals surface area contributed by atoms with E-state index < -0.39 is 10.0 Å². The third-order valence-corrected chi connectivity index (χ3v) is 4.59. The number of hydrogen-bond acceptors (Lipinski definition) is 4. The molecule has 0 saturated carbocycles. The lowest BCUT2D eigenvalue weighted by Crippen LogP contribution is -2.32. The van der Waals surface area contributed by atoms with Gasteiger partial charge >= 0.3 is 0 Å². The number of sulfonamides is 1. The second-order valence-electron chi connectivity index (χ2n) is 5.41. The predicted molar refractivity (Wildman–Crippen MR) is 78.4 cm³/mol. The number of benzene rings is 1.